The summed E-state index contributed by atoms with van der Waals surface area (Å²) in [5.41, 5.74) is 5.08. The third-order valence-corrected chi connectivity index (χ3v) is 0.972. The maximum absolute atomic E-state index is 12.3. The summed E-state index contributed by atoms with van der Waals surface area (Å²) in [7, 11) is 0. The molecule has 0 fully saturated rings. The molecule has 0 atom stereocenters. The number of benzene rings is 1. The van der Waals surface area contributed by atoms with Crippen molar-refractivity contribution in [2.24, 2.45) is 0 Å². The Labute approximate surface area is 51.7 Å². The maximum Gasteiger partial charge on any atom is 0.145 e. The molecule has 2 N–H and O–H groups in total. The van der Waals surface area contributed by atoms with Crippen LogP contribution >= 0.6 is 0 Å². The zero-order chi connectivity index (χ0) is 6.85. The van der Waals surface area contributed by atoms with E-state index in [1.54, 1.807) is 0 Å². The Balaban J connectivity index is 3.17. The van der Waals surface area contributed by atoms with Crippen LogP contribution in [0.1, 0.15) is 0 Å². The highest BCUT2D eigenvalue weighted by atomic mass is 19.1. The quantitative estimate of drug-likeness (QED) is 0.514. The van der Waals surface area contributed by atoms with Gasteiger partial charge >= 0.3 is 0 Å². The van der Waals surface area contributed by atoms with Crippen molar-refractivity contribution in [1.82, 2.24) is 0 Å². The summed E-state index contributed by atoms with van der Waals surface area (Å²) >= 11 is 0. The SMILES string of the molecule is Nc1ccc([O-])cc1F. The van der Waals surface area contributed by atoms with Gasteiger partial charge in [0.1, 0.15) is 5.82 Å². The molecule has 0 unspecified atom stereocenters. The number of hydrogen-bond acceptors (Lipinski definition) is 2. The first-order valence-electron chi connectivity index (χ1n) is 2.42. The van der Waals surface area contributed by atoms with E-state index in [1.807, 2.05) is 0 Å². The number of nitrogens with two attached hydrogens (primary N) is 1. The van der Waals surface area contributed by atoms with Gasteiger partial charge < -0.3 is 10.8 Å². The van der Waals surface area contributed by atoms with Crippen molar-refractivity contribution in [2.45, 2.75) is 0 Å². The molecule has 0 bridgehead atoms. The fourth-order valence-corrected chi connectivity index (χ4v) is 0.508. The molecule has 0 amide bonds. The molecule has 1 rings (SSSR count). The molecule has 0 aromatic heterocycles. The van der Waals surface area contributed by atoms with E-state index < -0.39 is 5.82 Å². The van der Waals surface area contributed by atoms with E-state index in [9.17, 15) is 9.50 Å². The zero-order valence-electron chi connectivity index (χ0n) is 4.60. The van der Waals surface area contributed by atoms with Crippen molar-refractivity contribution < 1.29 is 9.50 Å². The molecule has 0 radical (unpaired) electrons. The van der Waals surface area contributed by atoms with Gasteiger partial charge in [-0.25, -0.2) is 4.39 Å². The van der Waals surface area contributed by atoms with Gasteiger partial charge in [-0.05, 0) is 12.1 Å². The molecule has 0 aliphatic rings. The Kier molecular flexibility index (Phi) is 1.26. The third kappa shape index (κ3) is 1.10. The molecule has 0 aliphatic heterocycles. The summed E-state index contributed by atoms with van der Waals surface area (Å²) in [4.78, 5) is 0. The topological polar surface area (TPSA) is 49.1 Å². The lowest BCUT2D eigenvalue weighted by molar-refractivity contribution is -0.268. The molecule has 2 nitrogen and oxygen atoms in total. The maximum atomic E-state index is 12.3. The van der Waals surface area contributed by atoms with E-state index in [2.05, 4.69) is 0 Å². The largest absolute Gasteiger partial charge is 0.872 e. The predicted molar refractivity (Wildman–Crippen MR) is 30.3 cm³/mol. The van der Waals surface area contributed by atoms with Gasteiger partial charge in [0.05, 0.1) is 5.69 Å². The van der Waals surface area contributed by atoms with Crippen LogP contribution in [0.5, 0.6) is 5.75 Å². The van der Waals surface area contributed by atoms with Crippen molar-refractivity contribution in [3.8, 4) is 5.75 Å². The Hall–Kier alpha value is -1.25. The van der Waals surface area contributed by atoms with Crippen LogP contribution in [-0.4, -0.2) is 0 Å². The minimum Gasteiger partial charge on any atom is -0.872 e. The van der Waals surface area contributed by atoms with Gasteiger partial charge in [-0.3, -0.25) is 0 Å². The Morgan fingerprint density at radius 2 is 2.11 bits per heavy atom. The monoisotopic (exact) mass is 126 g/mol. The van der Waals surface area contributed by atoms with Crippen molar-refractivity contribution in [1.29, 1.82) is 0 Å². The number of anilines is 1. The summed E-state index contributed by atoms with van der Waals surface area (Å²) in [6, 6.07) is 3.32. The number of halogens is 1. The van der Waals surface area contributed by atoms with E-state index in [1.165, 1.54) is 12.1 Å². The molecule has 9 heavy (non-hydrogen) atoms. The number of rotatable bonds is 0. The van der Waals surface area contributed by atoms with Gasteiger partial charge in [-0.2, -0.15) is 0 Å². The van der Waals surface area contributed by atoms with E-state index >= 15 is 0 Å². The van der Waals surface area contributed by atoms with Crippen LogP contribution in [0.4, 0.5) is 10.1 Å². The van der Waals surface area contributed by atoms with Crippen molar-refractivity contribution in [3.63, 3.8) is 0 Å². The Bertz CT molecular complexity index is 224. The minimum atomic E-state index is -0.650. The highest BCUT2D eigenvalue weighted by Gasteiger charge is 1.91. The third-order valence-electron chi connectivity index (χ3n) is 0.972. The van der Waals surface area contributed by atoms with Crippen molar-refractivity contribution in [2.75, 3.05) is 5.73 Å². The summed E-state index contributed by atoms with van der Waals surface area (Å²) in [5, 5.41) is 10.3. The molecule has 0 spiro atoms. The predicted octanol–water partition coefficient (Wildman–Crippen LogP) is 0.482. The standard InChI is InChI=1S/C6H6FNO/c7-5-3-4(9)1-2-6(5)8/h1-3,9H,8H2/p-1. The molecule has 48 valence electrons. The van der Waals surface area contributed by atoms with Gasteiger partial charge in [0.25, 0.3) is 0 Å². The first-order valence-corrected chi connectivity index (χ1v) is 2.42. The second kappa shape index (κ2) is 1.93. The normalized spacial score (nSPS) is 9.44. The molecule has 1 aromatic carbocycles. The summed E-state index contributed by atoms with van der Waals surface area (Å²) < 4.78 is 12.3. The van der Waals surface area contributed by atoms with Crippen molar-refractivity contribution in [3.05, 3.63) is 24.0 Å². The average Bonchev–Trinajstić information content (AvgIpc) is 1.80. The molecular weight excluding hydrogens is 121 g/mol. The van der Waals surface area contributed by atoms with Gasteiger partial charge in [0, 0.05) is 0 Å². The highest BCUT2D eigenvalue weighted by Crippen LogP contribution is 2.13. The highest BCUT2D eigenvalue weighted by molar-refractivity contribution is 5.42. The Morgan fingerprint density at radius 1 is 1.44 bits per heavy atom. The average molecular weight is 126 g/mol. The van der Waals surface area contributed by atoms with Gasteiger partial charge in [0.2, 0.25) is 0 Å². The Morgan fingerprint density at radius 3 is 2.56 bits per heavy atom. The van der Waals surface area contributed by atoms with Crippen LogP contribution in [0.25, 0.3) is 0 Å². The minimum absolute atomic E-state index is 0.00889. The summed E-state index contributed by atoms with van der Waals surface area (Å²) in [6.07, 6.45) is 0. The first kappa shape index (κ1) is 5.88. The second-order valence-electron chi connectivity index (χ2n) is 1.68. The zero-order valence-corrected chi connectivity index (χ0v) is 4.60. The van der Waals surface area contributed by atoms with E-state index in [0.717, 1.165) is 6.07 Å². The van der Waals surface area contributed by atoms with Crippen LogP contribution in [0.2, 0.25) is 0 Å². The van der Waals surface area contributed by atoms with Gasteiger partial charge in [-0.15, -0.1) is 5.75 Å². The number of hydrogen-bond donors (Lipinski definition) is 1. The molecule has 3 heteroatoms. The van der Waals surface area contributed by atoms with Gasteiger partial charge in [-0.1, -0.05) is 6.07 Å². The smallest absolute Gasteiger partial charge is 0.145 e. The fraction of sp³-hybridized carbons (Fsp3) is 0. The summed E-state index contributed by atoms with van der Waals surface area (Å²) in [5.74, 6) is -1.01. The van der Waals surface area contributed by atoms with Crippen LogP contribution in [0.15, 0.2) is 18.2 Å². The van der Waals surface area contributed by atoms with Gasteiger partial charge in [0.15, 0.2) is 0 Å². The van der Waals surface area contributed by atoms with E-state index in [-0.39, 0.29) is 11.4 Å². The first-order chi connectivity index (χ1) is 4.20. The molecule has 0 heterocycles. The van der Waals surface area contributed by atoms with Crippen LogP contribution in [-0.2, 0) is 0 Å². The lowest BCUT2D eigenvalue weighted by Gasteiger charge is -2.03. The lowest BCUT2D eigenvalue weighted by Crippen LogP contribution is -1.94. The van der Waals surface area contributed by atoms with Crippen LogP contribution in [0, 0.1) is 5.82 Å². The number of nitrogen functional groups attached to an aromatic ring is 1. The van der Waals surface area contributed by atoms with Crippen molar-refractivity contribution >= 4 is 5.69 Å². The molecule has 0 aliphatic carbocycles. The fourth-order valence-electron chi connectivity index (χ4n) is 0.508. The van der Waals surface area contributed by atoms with E-state index in [0.29, 0.717) is 0 Å². The second-order valence-corrected chi connectivity index (χ2v) is 1.68. The lowest BCUT2D eigenvalue weighted by atomic mass is 10.3. The summed E-state index contributed by atoms with van der Waals surface area (Å²) in [6.45, 7) is 0. The van der Waals surface area contributed by atoms with Crippen LogP contribution < -0.4 is 10.8 Å². The molecule has 1 aromatic rings. The molecule has 0 saturated carbocycles. The van der Waals surface area contributed by atoms with E-state index in [4.69, 9.17) is 5.73 Å². The molecule has 0 saturated heterocycles. The van der Waals surface area contributed by atoms with Crippen LogP contribution in [0.3, 0.4) is 0 Å². The molecular formula is C6H5FNO-.